The fraction of sp³-hybridized carbons (Fsp3) is 0.947. The van der Waals surface area contributed by atoms with Gasteiger partial charge in [0.1, 0.15) is 0 Å². The molecule has 126 valence electrons. The zero-order valence-corrected chi connectivity index (χ0v) is 15.2. The van der Waals surface area contributed by atoms with Gasteiger partial charge in [0.2, 0.25) is 5.24 Å². The van der Waals surface area contributed by atoms with E-state index >= 15 is 0 Å². The summed E-state index contributed by atoms with van der Waals surface area (Å²) < 4.78 is 0. The van der Waals surface area contributed by atoms with E-state index in [1.165, 1.54) is 77.0 Å². The summed E-state index contributed by atoms with van der Waals surface area (Å²) in [5.41, 5.74) is 0. The molecule has 0 saturated carbocycles. The number of unbranched alkanes of at least 4 members (excludes halogenated alkanes) is 10. The van der Waals surface area contributed by atoms with Crippen LogP contribution in [0.4, 0.5) is 0 Å². The van der Waals surface area contributed by atoms with E-state index in [0.717, 1.165) is 18.8 Å². The highest BCUT2D eigenvalue weighted by atomic mass is 35.5. The van der Waals surface area contributed by atoms with E-state index in [0.29, 0.717) is 6.42 Å². The minimum absolute atomic E-state index is 0.182. The smallest absolute Gasteiger partial charge is 0.221 e. The average molecular weight is 317 g/mol. The first-order chi connectivity index (χ1) is 10.2. The number of carbonyl (C=O) groups excluding carboxylic acids is 1. The van der Waals surface area contributed by atoms with Gasteiger partial charge >= 0.3 is 0 Å². The number of hydrogen-bond donors (Lipinski definition) is 0. The van der Waals surface area contributed by atoms with Crippen molar-refractivity contribution in [3.63, 3.8) is 0 Å². The van der Waals surface area contributed by atoms with E-state index in [2.05, 4.69) is 13.8 Å². The SMILES string of the molecule is CCCCCCCCC[C@@H](C)CCCCCCCC(=O)Cl. The highest BCUT2D eigenvalue weighted by Gasteiger charge is 2.02. The van der Waals surface area contributed by atoms with E-state index < -0.39 is 0 Å². The Labute approximate surface area is 138 Å². The third-order valence-corrected chi connectivity index (χ3v) is 4.56. The van der Waals surface area contributed by atoms with Crippen LogP contribution < -0.4 is 0 Å². The monoisotopic (exact) mass is 316 g/mol. The van der Waals surface area contributed by atoms with Crippen LogP contribution in [-0.2, 0) is 4.79 Å². The molecule has 2 heteroatoms. The molecular formula is C19H37ClO. The molecule has 0 aromatic heterocycles. The number of carbonyl (C=O) groups is 1. The van der Waals surface area contributed by atoms with Gasteiger partial charge in [0.15, 0.2) is 0 Å². The standard InChI is InChI=1S/C19H37ClO/c1-3-4-5-6-7-9-12-15-18(2)16-13-10-8-11-14-17-19(20)21/h18H,3-17H2,1-2H3/t18-/m1/s1. The summed E-state index contributed by atoms with van der Waals surface area (Å²) in [5, 5.41) is -0.182. The molecule has 1 nitrogen and oxygen atoms in total. The Hall–Kier alpha value is -0.0400. The highest BCUT2D eigenvalue weighted by molar-refractivity contribution is 6.63. The molecule has 0 aliphatic carbocycles. The summed E-state index contributed by atoms with van der Waals surface area (Å²) in [6, 6.07) is 0. The first-order valence-corrected chi connectivity index (χ1v) is 9.73. The molecule has 0 aromatic rings. The van der Waals surface area contributed by atoms with Gasteiger partial charge in [-0.25, -0.2) is 0 Å². The molecule has 0 aliphatic heterocycles. The summed E-state index contributed by atoms with van der Waals surface area (Å²) in [7, 11) is 0. The van der Waals surface area contributed by atoms with E-state index in [9.17, 15) is 4.79 Å². The van der Waals surface area contributed by atoms with Crippen molar-refractivity contribution in [2.75, 3.05) is 0 Å². The van der Waals surface area contributed by atoms with Crippen LogP contribution in [0.25, 0.3) is 0 Å². The van der Waals surface area contributed by atoms with Crippen molar-refractivity contribution in [2.24, 2.45) is 5.92 Å². The second-order valence-corrected chi connectivity index (χ2v) is 7.10. The Morgan fingerprint density at radius 3 is 1.67 bits per heavy atom. The van der Waals surface area contributed by atoms with Crippen LogP contribution in [0, 0.1) is 5.92 Å². The average Bonchev–Trinajstić information content (AvgIpc) is 2.45. The topological polar surface area (TPSA) is 17.1 Å². The van der Waals surface area contributed by atoms with Crippen LogP contribution in [0.5, 0.6) is 0 Å². The lowest BCUT2D eigenvalue weighted by atomic mass is 9.96. The highest BCUT2D eigenvalue weighted by Crippen LogP contribution is 2.18. The molecule has 0 spiro atoms. The van der Waals surface area contributed by atoms with Gasteiger partial charge in [0.25, 0.3) is 0 Å². The summed E-state index contributed by atoms with van der Waals surface area (Å²) in [6.45, 7) is 4.68. The van der Waals surface area contributed by atoms with Crippen molar-refractivity contribution in [2.45, 2.75) is 110 Å². The fourth-order valence-corrected chi connectivity index (χ4v) is 3.01. The molecule has 0 unspecified atom stereocenters. The van der Waals surface area contributed by atoms with Crippen LogP contribution in [0.1, 0.15) is 110 Å². The fourth-order valence-electron chi connectivity index (χ4n) is 2.88. The maximum atomic E-state index is 10.6. The predicted octanol–water partition coefficient (Wildman–Crippen LogP) is 7.26. The molecule has 0 bridgehead atoms. The third kappa shape index (κ3) is 17.9. The van der Waals surface area contributed by atoms with E-state index in [-0.39, 0.29) is 5.24 Å². The van der Waals surface area contributed by atoms with Crippen LogP contribution in [0.2, 0.25) is 0 Å². The zero-order chi connectivity index (χ0) is 15.8. The molecule has 0 N–H and O–H groups in total. The Bertz CT molecular complexity index is 228. The maximum Gasteiger partial charge on any atom is 0.221 e. The minimum Gasteiger partial charge on any atom is -0.281 e. The van der Waals surface area contributed by atoms with Crippen LogP contribution in [0.15, 0.2) is 0 Å². The van der Waals surface area contributed by atoms with Gasteiger partial charge in [-0.15, -0.1) is 0 Å². The van der Waals surface area contributed by atoms with Crippen molar-refractivity contribution in [1.29, 1.82) is 0 Å². The van der Waals surface area contributed by atoms with E-state index in [1.807, 2.05) is 0 Å². The van der Waals surface area contributed by atoms with Crippen molar-refractivity contribution >= 4 is 16.8 Å². The van der Waals surface area contributed by atoms with Crippen molar-refractivity contribution < 1.29 is 4.79 Å². The molecule has 0 aromatic carbocycles. The first-order valence-electron chi connectivity index (χ1n) is 9.35. The van der Waals surface area contributed by atoms with Crippen molar-refractivity contribution in [3.05, 3.63) is 0 Å². The van der Waals surface area contributed by atoms with Gasteiger partial charge in [-0.1, -0.05) is 97.3 Å². The Morgan fingerprint density at radius 1 is 0.762 bits per heavy atom. The van der Waals surface area contributed by atoms with Gasteiger partial charge in [-0.05, 0) is 23.9 Å². The normalized spacial score (nSPS) is 12.5. The Kier molecular flexibility index (Phi) is 16.3. The van der Waals surface area contributed by atoms with Crippen LogP contribution in [-0.4, -0.2) is 5.24 Å². The van der Waals surface area contributed by atoms with Crippen molar-refractivity contribution in [3.8, 4) is 0 Å². The van der Waals surface area contributed by atoms with E-state index in [1.54, 1.807) is 0 Å². The van der Waals surface area contributed by atoms with Crippen LogP contribution in [0.3, 0.4) is 0 Å². The quantitative estimate of drug-likeness (QED) is 0.216. The van der Waals surface area contributed by atoms with Gasteiger partial charge < -0.3 is 0 Å². The predicted molar refractivity (Wildman–Crippen MR) is 95.0 cm³/mol. The second kappa shape index (κ2) is 16.3. The number of hydrogen-bond acceptors (Lipinski definition) is 1. The van der Waals surface area contributed by atoms with E-state index in [4.69, 9.17) is 11.6 Å². The molecule has 1 atom stereocenters. The Morgan fingerprint density at radius 2 is 1.19 bits per heavy atom. The van der Waals surface area contributed by atoms with Gasteiger partial charge in [0.05, 0.1) is 0 Å². The number of halogens is 1. The van der Waals surface area contributed by atoms with Gasteiger partial charge in [-0.2, -0.15) is 0 Å². The largest absolute Gasteiger partial charge is 0.281 e. The molecule has 0 radical (unpaired) electrons. The minimum atomic E-state index is -0.182. The maximum absolute atomic E-state index is 10.6. The molecule has 21 heavy (non-hydrogen) atoms. The zero-order valence-electron chi connectivity index (χ0n) is 14.5. The van der Waals surface area contributed by atoms with Crippen LogP contribution >= 0.6 is 11.6 Å². The Balaban J connectivity index is 3.16. The van der Waals surface area contributed by atoms with Gasteiger partial charge in [-0.3, -0.25) is 4.79 Å². The molecule has 0 heterocycles. The summed E-state index contributed by atoms with van der Waals surface area (Å²) in [4.78, 5) is 10.6. The lowest BCUT2D eigenvalue weighted by Crippen LogP contribution is -1.95. The molecule has 0 rings (SSSR count). The summed E-state index contributed by atoms with van der Waals surface area (Å²) in [6.07, 6.45) is 19.3. The molecular weight excluding hydrogens is 280 g/mol. The molecule has 0 aliphatic rings. The van der Waals surface area contributed by atoms with Gasteiger partial charge in [0, 0.05) is 6.42 Å². The lowest BCUT2D eigenvalue weighted by Gasteiger charge is -2.11. The number of rotatable bonds is 16. The second-order valence-electron chi connectivity index (χ2n) is 6.68. The molecule has 0 amide bonds. The lowest BCUT2D eigenvalue weighted by molar-refractivity contribution is -0.111. The summed E-state index contributed by atoms with van der Waals surface area (Å²) >= 11 is 5.32. The first kappa shape index (κ1) is 21.0. The summed E-state index contributed by atoms with van der Waals surface area (Å²) in [5.74, 6) is 0.894. The molecule has 0 fully saturated rings. The third-order valence-electron chi connectivity index (χ3n) is 4.37. The van der Waals surface area contributed by atoms with Crippen molar-refractivity contribution in [1.82, 2.24) is 0 Å². The molecule has 0 saturated heterocycles.